The van der Waals surface area contributed by atoms with Crippen molar-refractivity contribution >= 4 is 15.5 Å². The summed E-state index contributed by atoms with van der Waals surface area (Å²) in [6.07, 6.45) is -0.0336. The second-order valence-electron chi connectivity index (χ2n) is 1.92. The molecule has 0 N–H and O–H groups in total. The predicted octanol–water partition coefficient (Wildman–Crippen LogP) is 0.358. The zero-order valence-corrected chi connectivity index (χ0v) is 6.31. The van der Waals surface area contributed by atoms with Gasteiger partial charge >= 0.3 is 0 Å². The Morgan fingerprint density at radius 3 is 2.67 bits per heavy atom. The summed E-state index contributed by atoms with van der Waals surface area (Å²) >= 11 is 0. The molecule has 9 heavy (non-hydrogen) atoms. The van der Waals surface area contributed by atoms with E-state index >= 15 is 0 Å². The summed E-state index contributed by atoms with van der Waals surface area (Å²) in [5.41, 5.74) is 0. The van der Waals surface area contributed by atoms with E-state index in [-0.39, 0.29) is 6.10 Å². The van der Waals surface area contributed by atoms with Gasteiger partial charge in [-0.25, -0.2) is 4.21 Å². The fraction of sp³-hybridized carbons (Fsp3) is 0.800. The Morgan fingerprint density at radius 1 is 1.78 bits per heavy atom. The number of rotatable bonds is 0. The molecule has 0 radical (unpaired) electrons. The smallest absolute Gasteiger partial charge is 0.201 e. The van der Waals surface area contributed by atoms with E-state index in [1.165, 1.54) is 5.37 Å². The van der Waals surface area contributed by atoms with Crippen molar-refractivity contribution in [2.45, 2.75) is 20.0 Å². The van der Waals surface area contributed by atoms with E-state index in [0.717, 1.165) is 0 Å². The average molecular weight is 150 g/mol. The van der Waals surface area contributed by atoms with Crippen molar-refractivity contribution in [3.63, 3.8) is 0 Å². The quantitative estimate of drug-likeness (QED) is 0.468. The van der Waals surface area contributed by atoms with Gasteiger partial charge in [-0.2, -0.15) is 0 Å². The van der Waals surface area contributed by atoms with Crippen molar-refractivity contribution < 1.29 is 12.6 Å². The maximum Gasteiger partial charge on any atom is 0.201 e. The normalized spacial score (nSPS) is 43.1. The van der Waals surface area contributed by atoms with Crippen molar-refractivity contribution in [2.75, 3.05) is 6.61 Å². The highest BCUT2D eigenvalue weighted by atomic mass is 32.2. The van der Waals surface area contributed by atoms with Crippen LogP contribution in [0.2, 0.25) is 0 Å². The van der Waals surface area contributed by atoms with E-state index in [1.807, 2.05) is 6.92 Å². The molecule has 1 rings (SSSR count). The minimum atomic E-state index is -2.47. The van der Waals surface area contributed by atoms with E-state index < -0.39 is 10.1 Å². The van der Waals surface area contributed by atoms with Crippen LogP contribution in [-0.4, -0.2) is 22.3 Å². The van der Waals surface area contributed by atoms with Crippen LogP contribution in [0.3, 0.4) is 0 Å². The van der Waals surface area contributed by atoms with Crippen molar-refractivity contribution in [3.8, 4) is 0 Å². The number of hydrogen-bond acceptors (Lipinski definition) is 3. The average Bonchev–Trinajstić information content (AvgIpc) is 2.13. The van der Waals surface area contributed by atoms with Gasteiger partial charge in [0, 0.05) is 5.37 Å². The van der Waals surface area contributed by atoms with Crippen LogP contribution < -0.4 is 0 Å². The fourth-order valence-corrected chi connectivity index (χ4v) is 1.80. The molecule has 2 atom stereocenters. The second kappa shape index (κ2) is 2.28. The third kappa shape index (κ3) is 1.44. The SMILES string of the molecule is CC=S1(=O)OCC(C)O1. The first-order chi connectivity index (χ1) is 4.16. The molecule has 1 aliphatic heterocycles. The standard InChI is InChI=1S/C5H10O3S/c1-3-9(6)7-4-5(2)8-9/h3,5H,4H2,1-2H3. The largest absolute Gasteiger partial charge is 0.275 e. The zero-order valence-electron chi connectivity index (χ0n) is 5.49. The predicted molar refractivity (Wildman–Crippen MR) is 36.4 cm³/mol. The Kier molecular flexibility index (Phi) is 1.79. The summed E-state index contributed by atoms with van der Waals surface area (Å²) < 4.78 is 20.9. The molecule has 0 amide bonds. The van der Waals surface area contributed by atoms with Gasteiger partial charge in [0.2, 0.25) is 10.1 Å². The molecule has 1 saturated heterocycles. The fourth-order valence-electron chi connectivity index (χ4n) is 0.599. The molecule has 1 aliphatic rings. The summed E-state index contributed by atoms with van der Waals surface area (Å²) in [7, 11) is -2.47. The van der Waals surface area contributed by atoms with Crippen LogP contribution >= 0.6 is 0 Å². The van der Waals surface area contributed by atoms with Crippen LogP contribution in [0.5, 0.6) is 0 Å². The van der Waals surface area contributed by atoms with Crippen molar-refractivity contribution in [2.24, 2.45) is 0 Å². The van der Waals surface area contributed by atoms with Gasteiger partial charge in [0.05, 0.1) is 12.7 Å². The van der Waals surface area contributed by atoms with Crippen LogP contribution in [-0.2, 0) is 18.4 Å². The molecule has 0 aliphatic carbocycles. The maximum absolute atomic E-state index is 11.1. The third-order valence-corrected chi connectivity index (χ3v) is 2.69. The molecule has 4 heteroatoms. The van der Waals surface area contributed by atoms with Crippen LogP contribution in [0.4, 0.5) is 0 Å². The molecule has 0 bridgehead atoms. The van der Waals surface area contributed by atoms with E-state index in [2.05, 4.69) is 0 Å². The van der Waals surface area contributed by atoms with E-state index in [0.29, 0.717) is 6.61 Å². The first-order valence-electron chi connectivity index (χ1n) is 2.82. The monoisotopic (exact) mass is 150 g/mol. The maximum atomic E-state index is 11.1. The molecule has 0 saturated carbocycles. The molecule has 2 unspecified atom stereocenters. The molecule has 0 aromatic heterocycles. The lowest BCUT2D eigenvalue weighted by atomic mass is 10.5. The van der Waals surface area contributed by atoms with Crippen molar-refractivity contribution in [1.29, 1.82) is 0 Å². The Hall–Kier alpha value is -0.0600. The van der Waals surface area contributed by atoms with E-state index in [4.69, 9.17) is 8.37 Å². The highest BCUT2D eigenvalue weighted by Gasteiger charge is 2.21. The lowest BCUT2D eigenvalue weighted by Gasteiger charge is -1.97. The first kappa shape index (κ1) is 7.05. The Morgan fingerprint density at radius 2 is 2.44 bits per heavy atom. The highest BCUT2D eigenvalue weighted by Crippen LogP contribution is 2.12. The second-order valence-corrected chi connectivity index (χ2v) is 3.81. The lowest BCUT2D eigenvalue weighted by Crippen LogP contribution is -2.03. The van der Waals surface area contributed by atoms with Crippen LogP contribution in [0.15, 0.2) is 0 Å². The zero-order chi connectivity index (χ0) is 6.91. The van der Waals surface area contributed by atoms with Gasteiger partial charge in [-0.3, -0.25) is 8.37 Å². The van der Waals surface area contributed by atoms with Gasteiger partial charge in [0.25, 0.3) is 0 Å². The Labute approximate surface area is 55.4 Å². The van der Waals surface area contributed by atoms with Gasteiger partial charge in [-0.05, 0) is 13.8 Å². The Balaban J connectivity index is 2.79. The van der Waals surface area contributed by atoms with Crippen molar-refractivity contribution in [1.82, 2.24) is 0 Å². The minimum absolute atomic E-state index is 0.0336. The van der Waals surface area contributed by atoms with Gasteiger partial charge in [-0.1, -0.05) is 0 Å². The molecule has 54 valence electrons. The topological polar surface area (TPSA) is 35.5 Å². The van der Waals surface area contributed by atoms with E-state index in [1.54, 1.807) is 6.92 Å². The highest BCUT2D eigenvalue weighted by molar-refractivity contribution is 7.92. The lowest BCUT2D eigenvalue weighted by molar-refractivity contribution is 0.262. The Bertz CT molecular complexity index is 202. The number of hydrogen-bond donors (Lipinski definition) is 0. The molecule has 0 spiro atoms. The summed E-state index contributed by atoms with van der Waals surface area (Å²) in [6, 6.07) is 0. The molecular formula is C5H10O3S. The minimum Gasteiger partial charge on any atom is -0.275 e. The first-order valence-corrected chi connectivity index (χ1v) is 4.29. The van der Waals surface area contributed by atoms with Crippen LogP contribution in [0.25, 0.3) is 0 Å². The van der Waals surface area contributed by atoms with Gasteiger partial charge < -0.3 is 0 Å². The molecule has 1 heterocycles. The van der Waals surface area contributed by atoms with Gasteiger partial charge in [-0.15, -0.1) is 0 Å². The summed E-state index contributed by atoms with van der Waals surface area (Å²) in [5, 5.41) is 1.45. The molecular weight excluding hydrogens is 140 g/mol. The summed E-state index contributed by atoms with van der Waals surface area (Å²) in [5.74, 6) is 0. The van der Waals surface area contributed by atoms with Crippen LogP contribution in [0.1, 0.15) is 13.8 Å². The molecule has 3 nitrogen and oxygen atoms in total. The van der Waals surface area contributed by atoms with Gasteiger partial charge in [0.15, 0.2) is 0 Å². The molecule has 1 fully saturated rings. The molecule has 0 aromatic rings. The summed E-state index contributed by atoms with van der Waals surface area (Å²) in [6.45, 7) is 3.93. The third-order valence-electron chi connectivity index (χ3n) is 1.05. The van der Waals surface area contributed by atoms with Crippen molar-refractivity contribution in [3.05, 3.63) is 0 Å². The van der Waals surface area contributed by atoms with Gasteiger partial charge in [0.1, 0.15) is 0 Å². The summed E-state index contributed by atoms with van der Waals surface area (Å²) in [4.78, 5) is 0. The van der Waals surface area contributed by atoms with Crippen LogP contribution in [0, 0.1) is 0 Å². The molecule has 0 aromatic carbocycles. The van der Waals surface area contributed by atoms with E-state index in [9.17, 15) is 4.21 Å².